The normalized spacial score (nSPS) is 16.7. The molecule has 0 spiro atoms. The quantitative estimate of drug-likeness (QED) is 0.239. The monoisotopic (exact) mass is 455 g/mol. The molecule has 3 aromatic rings. The molecule has 0 bridgehead atoms. The molecule has 1 unspecified atom stereocenters. The molecule has 33 heavy (non-hydrogen) atoms. The topological polar surface area (TPSA) is 0 Å². The molecule has 1 saturated carbocycles. The lowest BCUT2D eigenvalue weighted by molar-refractivity contribution is 0.267. The van der Waals surface area contributed by atoms with Gasteiger partial charge in [0.15, 0.2) is 0 Å². The largest absolute Gasteiger partial charge is 0.114 e. The molecule has 3 aromatic carbocycles. The second kappa shape index (κ2) is 9.60. The van der Waals surface area contributed by atoms with E-state index in [1.165, 1.54) is 41.6 Å². The van der Waals surface area contributed by atoms with Gasteiger partial charge >= 0.3 is 0 Å². The highest BCUT2D eigenvalue weighted by Crippen LogP contribution is 2.62. The van der Waals surface area contributed by atoms with Gasteiger partial charge in [-0.2, -0.15) is 0 Å². The average molecular weight is 456 g/mol. The van der Waals surface area contributed by atoms with Crippen LogP contribution in [0.3, 0.4) is 0 Å². The maximum absolute atomic E-state index is 2.56. The third-order valence-corrected chi connectivity index (χ3v) is 12.2. The van der Waals surface area contributed by atoms with Crippen molar-refractivity contribution in [3.63, 3.8) is 0 Å². The van der Waals surface area contributed by atoms with Crippen LogP contribution in [0.5, 0.6) is 0 Å². The Morgan fingerprint density at radius 1 is 0.758 bits per heavy atom. The summed E-state index contributed by atoms with van der Waals surface area (Å²) in [6.45, 7) is 12.2. The highest BCUT2D eigenvalue weighted by Gasteiger charge is 2.51. The molecular formula is C32H40P+. The summed E-state index contributed by atoms with van der Waals surface area (Å²) < 4.78 is 0. The summed E-state index contributed by atoms with van der Waals surface area (Å²) in [6.07, 6.45) is 7.47. The lowest BCUT2D eigenvalue weighted by Gasteiger charge is -2.39. The van der Waals surface area contributed by atoms with Crippen molar-refractivity contribution in [3.05, 3.63) is 103 Å². The van der Waals surface area contributed by atoms with Gasteiger partial charge in [-0.1, -0.05) is 93.9 Å². The summed E-state index contributed by atoms with van der Waals surface area (Å²) in [5, 5.41) is 4.47. The van der Waals surface area contributed by atoms with Crippen LogP contribution >= 0.6 is 7.26 Å². The number of benzene rings is 3. The molecule has 0 saturated heterocycles. The van der Waals surface area contributed by atoms with Crippen molar-refractivity contribution in [3.8, 4) is 0 Å². The zero-order valence-corrected chi connectivity index (χ0v) is 22.0. The van der Waals surface area contributed by atoms with Crippen molar-refractivity contribution < 1.29 is 0 Å². The lowest BCUT2D eigenvalue weighted by atomic mass is 9.67. The van der Waals surface area contributed by atoms with E-state index >= 15 is 0 Å². The standard InChI is InChI=1S/C32H40P/c1-26(23-31(2,3)22-21-27-24-32(4,5)25-27)33(28-15-9-6-10-16-28,29-17-11-7-12-18-29)30-19-13-8-14-20-30/h6-21,26H,22-25H2,1-5H3/q+1. The van der Waals surface area contributed by atoms with Crippen molar-refractivity contribution in [2.24, 2.45) is 10.8 Å². The molecule has 0 heterocycles. The zero-order valence-electron chi connectivity index (χ0n) is 21.1. The molecule has 0 aliphatic heterocycles. The Morgan fingerprint density at radius 3 is 1.52 bits per heavy atom. The first kappa shape index (κ1) is 24.0. The Labute approximate surface area is 202 Å². The molecule has 0 N–H and O–H groups in total. The Bertz CT molecular complexity index is 955. The fraction of sp³-hybridized carbons (Fsp3) is 0.375. The van der Waals surface area contributed by atoms with Gasteiger partial charge in [-0.15, -0.1) is 0 Å². The van der Waals surface area contributed by atoms with Crippen LogP contribution in [0.4, 0.5) is 0 Å². The second-order valence-corrected chi connectivity index (χ2v) is 15.4. The zero-order chi connectivity index (χ0) is 23.5. The Morgan fingerprint density at radius 2 is 1.15 bits per heavy atom. The molecule has 1 aliphatic rings. The van der Waals surface area contributed by atoms with Crippen LogP contribution in [0.15, 0.2) is 103 Å². The van der Waals surface area contributed by atoms with E-state index in [4.69, 9.17) is 0 Å². The predicted molar refractivity (Wildman–Crippen MR) is 149 cm³/mol. The number of allylic oxidation sites excluding steroid dienone is 2. The first-order valence-electron chi connectivity index (χ1n) is 12.5. The van der Waals surface area contributed by atoms with Crippen molar-refractivity contribution in [1.82, 2.24) is 0 Å². The highest BCUT2D eigenvalue weighted by molar-refractivity contribution is 7.96. The third-order valence-electron chi connectivity index (χ3n) is 7.35. The molecular weight excluding hydrogens is 415 g/mol. The summed E-state index contributed by atoms with van der Waals surface area (Å²) in [6, 6.07) is 34.0. The van der Waals surface area contributed by atoms with Crippen molar-refractivity contribution in [2.45, 2.75) is 66.0 Å². The first-order chi connectivity index (χ1) is 15.7. The summed E-state index contributed by atoms with van der Waals surface area (Å²) in [7, 11) is -1.82. The average Bonchev–Trinajstić information content (AvgIpc) is 2.79. The summed E-state index contributed by atoms with van der Waals surface area (Å²) >= 11 is 0. The van der Waals surface area contributed by atoms with E-state index in [1.807, 2.05) is 0 Å². The van der Waals surface area contributed by atoms with Crippen LogP contribution in [-0.2, 0) is 0 Å². The molecule has 4 rings (SSSR count). The second-order valence-electron chi connectivity index (χ2n) is 11.5. The van der Waals surface area contributed by atoms with Gasteiger partial charge in [0.1, 0.15) is 23.2 Å². The van der Waals surface area contributed by atoms with Crippen LogP contribution in [0.1, 0.15) is 60.3 Å². The minimum absolute atomic E-state index is 0.260. The molecule has 1 fully saturated rings. The molecule has 172 valence electrons. The number of hydrogen-bond acceptors (Lipinski definition) is 0. The molecule has 1 aliphatic carbocycles. The molecule has 1 heteroatoms. The van der Waals surface area contributed by atoms with E-state index in [1.54, 1.807) is 5.57 Å². The molecule has 0 amide bonds. The molecule has 0 aromatic heterocycles. The fourth-order valence-corrected chi connectivity index (χ4v) is 11.1. The maximum atomic E-state index is 2.56. The minimum atomic E-state index is -1.82. The van der Waals surface area contributed by atoms with Crippen molar-refractivity contribution in [2.75, 3.05) is 0 Å². The van der Waals surface area contributed by atoms with Crippen LogP contribution in [0.2, 0.25) is 0 Å². The lowest BCUT2D eigenvalue weighted by Crippen LogP contribution is -2.39. The molecule has 0 nitrogen and oxygen atoms in total. The Kier molecular flexibility index (Phi) is 6.97. The third kappa shape index (κ3) is 5.17. The predicted octanol–water partition coefficient (Wildman–Crippen LogP) is 7.92. The fourth-order valence-electron chi connectivity index (χ4n) is 5.96. The SMILES string of the molecule is CC(CC(C)(C)CC=C1CC(C)(C)C1)[P+](c1ccccc1)(c1ccccc1)c1ccccc1. The summed E-state index contributed by atoms with van der Waals surface area (Å²) in [4.78, 5) is 0. The van der Waals surface area contributed by atoms with E-state index in [-0.39, 0.29) is 5.41 Å². The molecule has 0 radical (unpaired) electrons. The summed E-state index contributed by atoms with van der Waals surface area (Å²) in [5.74, 6) is 0. The Hall–Kier alpha value is -2.17. The van der Waals surface area contributed by atoms with Gasteiger partial charge in [0.2, 0.25) is 0 Å². The molecule has 1 atom stereocenters. The van der Waals surface area contributed by atoms with Crippen LogP contribution in [0, 0.1) is 10.8 Å². The van der Waals surface area contributed by atoms with E-state index in [0.29, 0.717) is 11.1 Å². The van der Waals surface area contributed by atoms with Crippen molar-refractivity contribution >= 4 is 23.2 Å². The van der Waals surface area contributed by atoms with Gasteiger partial charge in [0, 0.05) is 0 Å². The van der Waals surface area contributed by atoms with Gasteiger partial charge in [0.05, 0.1) is 5.66 Å². The van der Waals surface area contributed by atoms with E-state index in [2.05, 4.69) is 132 Å². The van der Waals surface area contributed by atoms with E-state index in [9.17, 15) is 0 Å². The van der Waals surface area contributed by atoms with E-state index < -0.39 is 7.26 Å². The Balaban J connectivity index is 1.75. The van der Waals surface area contributed by atoms with Gasteiger partial charge < -0.3 is 0 Å². The van der Waals surface area contributed by atoms with Crippen molar-refractivity contribution in [1.29, 1.82) is 0 Å². The van der Waals surface area contributed by atoms with Crippen LogP contribution in [0.25, 0.3) is 0 Å². The van der Waals surface area contributed by atoms with Gasteiger partial charge in [-0.25, -0.2) is 0 Å². The van der Waals surface area contributed by atoms with Crippen LogP contribution < -0.4 is 15.9 Å². The van der Waals surface area contributed by atoms with Gasteiger partial charge in [-0.05, 0) is 79.8 Å². The van der Waals surface area contributed by atoms with Gasteiger partial charge in [-0.3, -0.25) is 0 Å². The number of hydrogen-bond donors (Lipinski definition) is 0. The first-order valence-corrected chi connectivity index (χ1v) is 14.3. The van der Waals surface area contributed by atoms with Gasteiger partial charge in [0.25, 0.3) is 0 Å². The maximum Gasteiger partial charge on any atom is 0.114 e. The van der Waals surface area contributed by atoms with E-state index in [0.717, 1.165) is 0 Å². The highest BCUT2D eigenvalue weighted by atomic mass is 31.2. The minimum Gasteiger partial charge on any atom is -0.0848 e. The number of rotatable bonds is 8. The summed E-state index contributed by atoms with van der Waals surface area (Å²) in [5.41, 5.74) is 2.97. The smallest absolute Gasteiger partial charge is 0.0848 e. The van der Waals surface area contributed by atoms with Crippen LogP contribution in [-0.4, -0.2) is 5.66 Å².